The van der Waals surface area contributed by atoms with Gasteiger partial charge >= 0.3 is 0 Å². The van der Waals surface area contributed by atoms with Gasteiger partial charge in [-0.15, -0.1) is 0 Å². The lowest BCUT2D eigenvalue weighted by Crippen LogP contribution is -2.38. The minimum atomic E-state index is -3.37. The molecule has 0 spiro atoms. The summed E-state index contributed by atoms with van der Waals surface area (Å²) in [7, 11) is -3.37. The van der Waals surface area contributed by atoms with Crippen molar-refractivity contribution in [3.8, 4) is 0 Å². The highest BCUT2D eigenvalue weighted by atomic mass is 32.2. The summed E-state index contributed by atoms with van der Waals surface area (Å²) in [6.07, 6.45) is 5.41. The van der Waals surface area contributed by atoms with E-state index in [-0.39, 0.29) is 17.8 Å². The molecule has 0 bridgehead atoms. The first-order valence-electron chi connectivity index (χ1n) is 9.47. The lowest BCUT2D eigenvalue weighted by Gasteiger charge is -2.30. The van der Waals surface area contributed by atoms with Gasteiger partial charge in [-0.2, -0.15) is 0 Å². The summed E-state index contributed by atoms with van der Waals surface area (Å²) in [5, 5.41) is 12.7. The number of sulfone groups is 1. The van der Waals surface area contributed by atoms with Crippen LogP contribution in [0, 0.1) is 11.8 Å². The fourth-order valence-corrected chi connectivity index (χ4v) is 7.60. The van der Waals surface area contributed by atoms with E-state index < -0.39 is 20.7 Å². The molecule has 2 aromatic rings. The highest BCUT2D eigenvalue weighted by molar-refractivity contribution is 7.95. The Hall–Kier alpha value is -2.17. The topological polar surface area (TPSA) is 54.4 Å². The fraction of sp³-hybridized carbons (Fsp3) is 0.304. The molecule has 3 aliphatic rings. The Morgan fingerprint density at radius 2 is 1.67 bits per heavy atom. The normalized spacial score (nSPS) is 37.4. The zero-order chi connectivity index (χ0) is 18.6. The minimum absolute atomic E-state index is 0.0791. The molecular formula is C23H22O3S. The van der Waals surface area contributed by atoms with Gasteiger partial charge < -0.3 is 5.11 Å². The van der Waals surface area contributed by atoms with Gasteiger partial charge in [-0.25, -0.2) is 8.42 Å². The molecule has 27 heavy (non-hydrogen) atoms. The monoisotopic (exact) mass is 378 g/mol. The van der Waals surface area contributed by atoms with Gasteiger partial charge in [0.2, 0.25) is 0 Å². The lowest BCUT2D eigenvalue weighted by atomic mass is 9.81. The molecule has 2 saturated carbocycles. The third-order valence-electron chi connectivity index (χ3n) is 6.63. The quantitative estimate of drug-likeness (QED) is 0.861. The highest BCUT2D eigenvalue weighted by Gasteiger charge is 2.67. The molecule has 0 amide bonds. The van der Waals surface area contributed by atoms with Crippen LogP contribution in [-0.2, 0) is 9.84 Å². The number of fused-ring (bicyclic) bond motifs is 3. The zero-order valence-corrected chi connectivity index (χ0v) is 15.7. The summed E-state index contributed by atoms with van der Waals surface area (Å²) in [5.74, 6) is -0.636. The highest BCUT2D eigenvalue weighted by Crippen LogP contribution is 2.63. The van der Waals surface area contributed by atoms with E-state index in [0.29, 0.717) is 0 Å². The standard InChI is InChI=1S/C23H22O3S/c24-23-18(15-16-7-3-1-4-8-16)11-12-19(23)21(17-9-5-2-6-10-17)22-20(23)13-14-27(22,25)26/h1-10,13-15,19-22,24H,11-12H2/b18-15+/t19-,20-,21+,22+,23+/m0/s1. The Balaban J connectivity index is 1.66. The van der Waals surface area contributed by atoms with Gasteiger partial charge in [0, 0.05) is 23.2 Å². The maximum Gasteiger partial charge on any atom is 0.175 e. The Morgan fingerprint density at radius 1 is 1.00 bits per heavy atom. The molecule has 0 aromatic heterocycles. The molecule has 138 valence electrons. The first-order valence-corrected chi connectivity index (χ1v) is 11.1. The predicted molar refractivity (Wildman–Crippen MR) is 107 cm³/mol. The number of hydrogen-bond donors (Lipinski definition) is 1. The lowest BCUT2D eigenvalue weighted by molar-refractivity contribution is 0.0307. The smallest absolute Gasteiger partial charge is 0.175 e. The molecule has 0 unspecified atom stereocenters. The first kappa shape index (κ1) is 17.0. The Kier molecular flexibility index (Phi) is 3.72. The average Bonchev–Trinajstić information content (AvgIpc) is 3.25. The van der Waals surface area contributed by atoms with Crippen LogP contribution in [0.2, 0.25) is 0 Å². The molecule has 5 atom stereocenters. The van der Waals surface area contributed by atoms with Crippen LogP contribution in [-0.4, -0.2) is 24.4 Å². The van der Waals surface area contributed by atoms with E-state index in [0.717, 1.165) is 29.5 Å². The van der Waals surface area contributed by atoms with E-state index >= 15 is 0 Å². The fourth-order valence-electron chi connectivity index (χ4n) is 5.57. The first-order chi connectivity index (χ1) is 13.0. The summed E-state index contributed by atoms with van der Waals surface area (Å²) in [6, 6.07) is 19.8. The van der Waals surface area contributed by atoms with E-state index in [1.165, 1.54) is 5.41 Å². The van der Waals surface area contributed by atoms with E-state index in [1.54, 1.807) is 6.08 Å². The van der Waals surface area contributed by atoms with Gasteiger partial charge in [0.15, 0.2) is 9.84 Å². The van der Waals surface area contributed by atoms with Crippen molar-refractivity contribution in [1.82, 2.24) is 0 Å². The molecule has 4 heteroatoms. The average molecular weight is 378 g/mol. The Morgan fingerprint density at radius 3 is 2.37 bits per heavy atom. The molecular weight excluding hydrogens is 356 g/mol. The molecule has 3 nitrogen and oxygen atoms in total. The van der Waals surface area contributed by atoms with Gasteiger partial charge in [-0.05, 0) is 29.5 Å². The second-order valence-electron chi connectivity index (χ2n) is 7.90. The van der Waals surface area contributed by atoms with Crippen molar-refractivity contribution in [2.24, 2.45) is 11.8 Å². The van der Waals surface area contributed by atoms with Crippen LogP contribution < -0.4 is 0 Å². The van der Waals surface area contributed by atoms with Crippen molar-refractivity contribution >= 4 is 15.9 Å². The molecule has 5 rings (SSSR count). The molecule has 1 aliphatic heterocycles. The Bertz CT molecular complexity index is 1020. The van der Waals surface area contributed by atoms with Crippen LogP contribution in [0.3, 0.4) is 0 Å². The Labute approximate surface area is 160 Å². The molecule has 2 aromatic carbocycles. The van der Waals surface area contributed by atoms with Gasteiger partial charge in [0.1, 0.15) is 0 Å². The van der Waals surface area contributed by atoms with E-state index in [4.69, 9.17) is 0 Å². The van der Waals surface area contributed by atoms with Crippen LogP contribution in [0.1, 0.15) is 29.9 Å². The summed E-state index contributed by atoms with van der Waals surface area (Å²) in [6.45, 7) is 0. The number of rotatable bonds is 2. The third-order valence-corrected chi connectivity index (χ3v) is 8.52. The third kappa shape index (κ3) is 2.40. The van der Waals surface area contributed by atoms with Crippen molar-refractivity contribution in [1.29, 1.82) is 0 Å². The van der Waals surface area contributed by atoms with Gasteiger partial charge in [0.05, 0.1) is 10.9 Å². The predicted octanol–water partition coefficient (Wildman–Crippen LogP) is 3.94. The van der Waals surface area contributed by atoms with Crippen molar-refractivity contribution in [2.75, 3.05) is 0 Å². The zero-order valence-electron chi connectivity index (χ0n) is 14.9. The SMILES string of the molecule is O=S1(=O)C=C[C@H]2[C@@H]1[C@H](c1ccccc1)[C@@H]1CC/C(=C\c3ccccc3)[C@]21O. The van der Waals surface area contributed by atoms with Crippen molar-refractivity contribution in [3.05, 3.63) is 88.8 Å². The molecule has 2 fully saturated rings. The van der Waals surface area contributed by atoms with E-state index in [1.807, 2.05) is 60.7 Å². The molecule has 1 heterocycles. The molecule has 1 N–H and O–H groups in total. The summed E-state index contributed by atoms with van der Waals surface area (Å²) in [5.41, 5.74) is 1.93. The maximum absolute atomic E-state index is 12.8. The van der Waals surface area contributed by atoms with Gasteiger partial charge in [-0.3, -0.25) is 0 Å². The van der Waals surface area contributed by atoms with Crippen molar-refractivity contribution in [3.63, 3.8) is 0 Å². The number of hydrogen-bond acceptors (Lipinski definition) is 3. The van der Waals surface area contributed by atoms with E-state index in [2.05, 4.69) is 6.08 Å². The van der Waals surface area contributed by atoms with Gasteiger partial charge in [0.25, 0.3) is 0 Å². The number of benzene rings is 2. The maximum atomic E-state index is 12.8. The van der Waals surface area contributed by atoms with Crippen LogP contribution in [0.4, 0.5) is 0 Å². The summed E-state index contributed by atoms with van der Waals surface area (Å²) in [4.78, 5) is 0. The molecule has 0 saturated heterocycles. The van der Waals surface area contributed by atoms with Crippen LogP contribution in [0.25, 0.3) is 6.08 Å². The second kappa shape index (κ2) is 5.91. The minimum Gasteiger partial charge on any atom is -0.385 e. The summed E-state index contributed by atoms with van der Waals surface area (Å²) >= 11 is 0. The van der Waals surface area contributed by atoms with Gasteiger partial charge in [-0.1, -0.05) is 72.8 Å². The molecule has 2 aliphatic carbocycles. The summed E-state index contributed by atoms with van der Waals surface area (Å²) < 4.78 is 25.7. The van der Waals surface area contributed by atoms with Crippen LogP contribution in [0.5, 0.6) is 0 Å². The number of aliphatic hydroxyl groups is 1. The van der Waals surface area contributed by atoms with Crippen LogP contribution >= 0.6 is 0 Å². The van der Waals surface area contributed by atoms with Crippen molar-refractivity contribution < 1.29 is 13.5 Å². The van der Waals surface area contributed by atoms with Crippen molar-refractivity contribution in [2.45, 2.75) is 29.6 Å². The molecule has 0 radical (unpaired) electrons. The van der Waals surface area contributed by atoms with Crippen LogP contribution in [0.15, 0.2) is 77.7 Å². The van der Waals surface area contributed by atoms with E-state index in [9.17, 15) is 13.5 Å². The largest absolute Gasteiger partial charge is 0.385 e. The second-order valence-corrected chi connectivity index (χ2v) is 9.89.